The van der Waals surface area contributed by atoms with E-state index >= 15 is 0 Å². The zero-order chi connectivity index (χ0) is 14.1. The highest BCUT2D eigenvalue weighted by Crippen LogP contribution is 2.13. The van der Waals surface area contributed by atoms with E-state index in [9.17, 15) is 14.4 Å². The molecule has 0 spiro atoms. The Labute approximate surface area is 110 Å². The molecule has 1 aromatic rings. The van der Waals surface area contributed by atoms with Crippen LogP contribution in [0.1, 0.15) is 6.42 Å². The molecule has 0 unspecified atom stereocenters. The van der Waals surface area contributed by atoms with E-state index in [0.29, 0.717) is 31.6 Å². The molecule has 0 atom stereocenters. The van der Waals surface area contributed by atoms with Crippen LogP contribution in [0, 0.1) is 0 Å². The smallest absolute Gasteiger partial charge is 0.313 e. The van der Waals surface area contributed by atoms with Gasteiger partial charge >= 0.3 is 11.8 Å². The van der Waals surface area contributed by atoms with Crippen molar-refractivity contribution >= 4 is 23.9 Å². The molecule has 4 N–H and O–H groups in total. The van der Waals surface area contributed by atoms with Crippen LogP contribution in [0.5, 0.6) is 5.75 Å². The zero-order valence-electron chi connectivity index (χ0n) is 10.2. The van der Waals surface area contributed by atoms with Crippen LogP contribution >= 0.6 is 0 Å². The van der Waals surface area contributed by atoms with Gasteiger partial charge in [0, 0.05) is 18.8 Å². The summed E-state index contributed by atoms with van der Waals surface area (Å²) in [6, 6.07) is 5.76. The lowest BCUT2D eigenvalue weighted by atomic mass is 10.3. The maximum Gasteiger partial charge on any atom is 0.313 e. The number of nitrogens with one attached hydrogen (secondary N) is 3. The van der Waals surface area contributed by atoms with Crippen LogP contribution in [0.3, 0.4) is 0 Å². The third-order valence-electron chi connectivity index (χ3n) is 2.20. The standard InChI is InChI=1S/C12H15N3O4/c16-8-13-6-1-7-14-11(18)12(19)15-9-2-4-10(17)5-3-9/h2-5,8,17H,1,6-7H2,(H,13,16)(H,14,18)(H,15,19). The molecule has 0 aliphatic heterocycles. The first-order valence-electron chi connectivity index (χ1n) is 5.68. The molecule has 1 rings (SSSR count). The summed E-state index contributed by atoms with van der Waals surface area (Å²) in [5.74, 6) is -1.46. The molecule has 0 bridgehead atoms. The first-order chi connectivity index (χ1) is 9.13. The van der Waals surface area contributed by atoms with Crippen LogP contribution in [0.15, 0.2) is 24.3 Å². The Balaban J connectivity index is 2.30. The Bertz CT molecular complexity index is 445. The van der Waals surface area contributed by atoms with E-state index in [1.54, 1.807) is 0 Å². The molecule has 3 amide bonds. The van der Waals surface area contributed by atoms with Gasteiger partial charge < -0.3 is 21.1 Å². The van der Waals surface area contributed by atoms with Gasteiger partial charge in [-0.25, -0.2) is 0 Å². The summed E-state index contributed by atoms with van der Waals surface area (Å²) in [6.07, 6.45) is 1.11. The number of amides is 3. The first kappa shape index (κ1) is 14.5. The topological polar surface area (TPSA) is 108 Å². The van der Waals surface area contributed by atoms with Crippen molar-refractivity contribution in [3.8, 4) is 5.75 Å². The molecule has 0 radical (unpaired) electrons. The van der Waals surface area contributed by atoms with Crippen LogP contribution in [-0.4, -0.2) is 36.4 Å². The monoisotopic (exact) mass is 265 g/mol. The van der Waals surface area contributed by atoms with Gasteiger partial charge in [-0.05, 0) is 30.7 Å². The molecule has 0 aromatic heterocycles. The van der Waals surface area contributed by atoms with Gasteiger partial charge in [0.05, 0.1) is 0 Å². The molecule has 0 saturated heterocycles. The van der Waals surface area contributed by atoms with Crippen molar-refractivity contribution in [2.45, 2.75) is 6.42 Å². The third kappa shape index (κ3) is 5.53. The highest BCUT2D eigenvalue weighted by Gasteiger charge is 2.12. The molecule has 1 aromatic carbocycles. The Morgan fingerprint density at radius 1 is 1.11 bits per heavy atom. The summed E-state index contributed by atoms with van der Waals surface area (Å²) in [5.41, 5.74) is 0.417. The van der Waals surface area contributed by atoms with Crippen molar-refractivity contribution in [1.82, 2.24) is 10.6 Å². The molecular formula is C12H15N3O4. The Kier molecular flexibility index (Phi) is 5.87. The molecule has 102 valence electrons. The lowest BCUT2D eigenvalue weighted by Crippen LogP contribution is -2.36. The van der Waals surface area contributed by atoms with Gasteiger partial charge in [-0.1, -0.05) is 0 Å². The summed E-state index contributed by atoms with van der Waals surface area (Å²) in [5, 5.41) is 16.3. The van der Waals surface area contributed by atoms with Gasteiger partial charge in [-0.15, -0.1) is 0 Å². The highest BCUT2D eigenvalue weighted by atomic mass is 16.3. The van der Waals surface area contributed by atoms with Crippen LogP contribution in [0.25, 0.3) is 0 Å². The second kappa shape index (κ2) is 7.70. The number of rotatable bonds is 6. The molecular weight excluding hydrogens is 250 g/mol. The van der Waals surface area contributed by atoms with E-state index in [2.05, 4.69) is 16.0 Å². The number of carbonyl (C=O) groups is 3. The van der Waals surface area contributed by atoms with Gasteiger partial charge in [0.25, 0.3) is 0 Å². The number of carbonyl (C=O) groups excluding carboxylic acids is 3. The first-order valence-corrected chi connectivity index (χ1v) is 5.68. The van der Waals surface area contributed by atoms with Crippen molar-refractivity contribution < 1.29 is 19.5 Å². The summed E-state index contributed by atoms with van der Waals surface area (Å²) >= 11 is 0. The van der Waals surface area contributed by atoms with E-state index in [-0.39, 0.29) is 5.75 Å². The van der Waals surface area contributed by atoms with Crippen LogP contribution in [0.2, 0.25) is 0 Å². The lowest BCUT2D eigenvalue weighted by molar-refractivity contribution is -0.136. The summed E-state index contributed by atoms with van der Waals surface area (Å²) in [7, 11) is 0. The van der Waals surface area contributed by atoms with Crippen molar-refractivity contribution in [3.63, 3.8) is 0 Å². The molecule has 7 nitrogen and oxygen atoms in total. The lowest BCUT2D eigenvalue weighted by Gasteiger charge is -2.06. The summed E-state index contributed by atoms with van der Waals surface area (Å²) in [6.45, 7) is 0.728. The van der Waals surface area contributed by atoms with E-state index in [0.717, 1.165) is 0 Å². The van der Waals surface area contributed by atoms with Gasteiger partial charge in [-0.2, -0.15) is 0 Å². The molecule has 0 saturated carbocycles. The SMILES string of the molecule is O=CNCCCNC(=O)C(=O)Nc1ccc(O)cc1. The van der Waals surface area contributed by atoms with Crippen LogP contribution < -0.4 is 16.0 Å². The fourth-order valence-corrected chi connectivity index (χ4v) is 1.26. The van der Waals surface area contributed by atoms with Crippen molar-refractivity contribution in [1.29, 1.82) is 0 Å². The Hall–Kier alpha value is -2.57. The Morgan fingerprint density at radius 2 is 1.79 bits per heavy atom. The molecule has 7 heteroatoms. The molecule has 0 fully saturated rings. The second-order valence-electron chi connectivity index (χ2n) is 3.68. The Morgan fingerprint density at radius 3 is 2.42 bits per heavy atom. The molecule has 19 heavy (non-hydrogen) atoms. The number of hydrogen-bond acceptors (Lipinski definition) is 4. The number of phenolic OH excluding ortho intramolecular Hbond substituents is 1. The quantitative estimate of drug-likeness (QED) is 0.242. The predicted molar refractivity (Wildman–Crippen MR) is 68.4 cm³/mol. The number of aromatic hydroxyl groups is 1. The minimum atomic E-state index is -0.783. The van der Waals surface area contributed by atoms with Crippen LogP contribution in [0.4, 0.5) is 5.69 Å². The second-order valence-corrected chi connectivity index (χ2v) is 3.68. The minimum Gasteiger partial charge on any atom is -0.508 e. The third-order valence-corrected chi connectivity index (χ3v) is 2.20. The van der Waals surface area contributed by atoms with Gasteiger partial charge in [0.15, 0.2) is 0 Å². The normalized spacial score (nSPS) is 9.47. The van der Waals surface area contributed by atoms with Crippen LogP contribution in [-0.2, 0) is 14.4 Å². The number of benzene rings is 1. The summed E-state index contributed by atoms with van der Waals surface area (Å²) in [4.78, 5) is 32.8. The van der Waals surface area contributed by atoms with Gasteiger partial charge in [0.1, 0.15) is 5.75 Å². The molecule has 0 heterocycles. The van der Waals surface area contributed by atoms with E-state index in [1.165, 1.54) is 24.3 Å². The van der Waals surface area contributed by atoms with Gasteiger partial charge in [0.2, 0.25) is 6.41 Å². The average Bonchev–Trinajstić information content (AvgIpc) is 2.41. The molecule has 0 aliphatic rings. The minimum absolute atomic E-state index is 0.0742. The highest BCUT2D eigenvalue weighted by molar-refractivity contribution is 6.39. The average molecular weight is 265 g/mol. The fraction of sp³-hybridized carbons (Fsp3) is 0.250. The number of phenols is 1. The van der Waals surface area contributed by atoms with Crippen molar-refractivity contribution in [2.24, 2.45) is 0 Å². The van der Waals surface area contributed by atoms with E-state index in [1.807, 2.05) is 0 Å². The fourth-order valence-electron chi connectivity index (χ4n) is 1.26. The maximum absolute atomic E-state index is 11.5. The number of hydrogen-bond donors (Lipinski definition) is 4. The largest absolute Gasteiger partial charge is 0.508 e. The van der Waals surface area contributed by atoms with E-state index in [4.69, 9.17) is 5.11 Å². The van der Waals surface area contributed by atoms with Gasteiger partial charge in [-0.3, -0.25) is 14.4 Å². The number of anilines is 1. The zero-order valence-corrected chi connectivity index (χ0v) is 10.2. The molecule has 0 aliphatic carbocycles. The summed E-state index contributed by atoms with van der Waals surface area (Å²) < 4.78 is 0. The predicted octanol–water partition coefficient (Wildman–Crippen LogP) is -0.417. The maximum atomic E-state index is 11.5. The van der Waals surface area contributed by atoms with Crippen molar-refractivity contribution in [3.05, 3.63) is 24.3 Å². The van der Waals surface area contributed by atoms with E-state index < -0.39 is 11.8 Å². The van der Waals surface area contributed by atoms with Crippen molar-refractivity contribution in [2.75, 3.05) is 18.4 Å².